The van der Waals surface area contributed by atoms with E-state index in [1.807, 2.05) is 81.4 Å². The highest BCUT2D eigenvalue weighted by Crippen LogP contribution is 2.27. The normalized spacial score (nSPS) is 14.3. The first-order valence-corrected chi connectivity index (χ1v) is 13.2. The molecule has 1 fully saturated rings. The molecule has 0 aliphatic carbocycles. The molecule has 0 bridgehead atoms. The van der Waals surface area contributed by atoms with Crippen LogP contribution in [0, 0.1) is 20.8 Å². The van der Waals surface area contributed by atoms with Gasteiger partial charge in [-0.2, -0.15) is 0 Å². The molecular weight excluding hydrogens is 533 g/mol. The van der Waals surface area contributed by atoms with E-state index in [-0.39, 0.29) is 18.1 Å². The summed E-state index contributed by atoms with van der Waals surface area (Å²) in [6.45, 7) is 6.53. The number of imide groups is 1. The van der Waals surface area contributed by atoms with E-state index in [4.69, 9.17) is 27.9 Å². The Labute approximate surface area is 237 Å². The summed E-state index contributed by atoms with van der Waals surface area (Å²) in [5.41, 5.74) is 6.88. The van der Waals surface area contributed by atoms with Gasteiger partial charge in [-0.3, -0.25) is 9.69 Å². The van der Waals surface area contributed by atoms with E-state index in [9.17, 15) is 9.59 Å². The lowest BCUT2D eigenvalue weighted by Crippen LogP contribution is -2.30. The van der Waals surface area contributed by atoms with Crippen LogP contribution in [0.1, 0.15) is 33.6 Å². The molecule has 0 atom stereocenters. The molecule has 6 nitrogen and oxygen atoms in total. The van der Waals surface area contributed by atoms with Crippen LogP contribution < -0.4 is 10.1 Å². The van der Waals surface area contributed by atoms with Crippen molar-refractivity contribution in [3.8, 4) is 11.4 Å². The van der Waals surface area contributed by atoms with Gasteiger partial charge >= 0.3 is 6.03 Å². The lowest BCUT2D eigenvalue weighted by atomic mass is 10.1. The van der Waals surface area contributed by atoms with Gasteiger partial charge in [0.25, 0.3) is 5.91 Å². The molecule has 1 N–H and O–H groups in total. The molecule has 198 valence electrons. The van der Waals surface area contributed by atoms with E-state index < -0.39 is 6.03 Å². The minimum Gasteiger partial charge on any atom is -0.489 e. The summed E-state index contributed by atoms with van der Waals surface area (Å²) in [4.78, 5) is 26.8. The molecule has 0 spiro atoms. The minimum atomic E-state index is -0.420. The van der Waals surface area contributed by atoms with Crippen LogP contribution >= 0.6 is 23.2 Å². The quantitative estimate of drug-likeness (QED) is 0.190. The van der Waals surface area contributed by atoms with Crippen molar-refractivity contribution in [3.63, 3.8) is 0 Å². The lowest BCUT2D eigenvalue weighted by molar-refractivity contribution is -0.123. The second-order valence-corrected chi connectivity index (χ2v) is 10.4. The molecule has 3 amide bonds. The van der Waals surface area contributed by atoms with E-state index in [1.165, 1.54) is 4.90 Å². The average Bonchev–Trinajstić information content (AvgIpc) is 3.33. The first-order valence-electron chi connectivity index (χ1n) is 12.5. The van der Waals surface area contributed by atoms with Gasteiger partial charge in [-0.05, 0) is 80.4 Å². The molecule has 0 saturated carbocycles. The van der Waals surface area contributed by atoms with Crippen molar-refractivity contribution in [1.82, 2.24) is 14.8 Å². The molecule has 39 heavy (non-hydrogen) atoms. The third-order valence-corrected chi connectivity index (χ3v) is 7.29. The number of halogens is 2. The van der Waals surface area contributed by atoms with E-state index in [0.717, 1.165) is 39.3 Å². The Morgan fingerprint density at radius 3 is 2.31 bits per heavy atom. The van der Waals surface area contributed by atoms with Gasteiger partial charge < -0.3 is 14.6 Å². The van der Waals surface area contributed by atoms with E-state index in [2.05, 4.69) is 9.88 Å². The number of amides is 3. The maximum absolute atomic E-state index is 13.0. The van der Waals surface area contributed by atoms with Crippen molar-refractivity contribution in [3.05, 3.63) is 122 Å². The number of hydrogen-bond donors (Lipinski definition) is 1. The zero-order chi connectivity index (χ0) is 27.7. The van der Waals surface area contributed by atoms with Gasteiger partial charge in [-0.15, -0.1) is 0 Å². The Morgan fingerprint density at radius 1 is 0.897 bits per heavy atom. The van der Waals surface area contributed by atoms with Crippen LogP contribution in [0.4, 0.5) is 4.79 Å². The van der Waals surface area contributed by atoms with Crippen LogP contribution in [0.3, 0.4) is 0 Å². The van der Waals surface area contributed by atoms with Gasteiger partial charge in [-0.25, -0.2) is 4.79 Å². The molecule has 1 aromatic heterocycles. The molecular formula is C31H27Cl2N3O3. The van der Waals surface area contributed by atoms with Gasteiger partial charge in [0.2, 0.25) is 0 Å². The zero-order valence-electron chi connectivity index (χ0n) is 21.8. The smallest absolute Gasteiger partial charge is 0.329 e. The van der Waals surface area contributed by atoms with Crippen LogP contribution in [0.2, 0.25) is 10.0 Å². The van der Waals surface area contributed by atoms with E-state index in [0.29, 0.717) is 22.4 Å². The number of aromatic nitrogens is 1. The molecule has 5 rings (SSSR count). The number of carbonyl (C=O) groups is 2. The fraction of sp³-hybridized carbons (Fsp3) is 0.161. The summed E-state index contributed by atoms with van der Waals surface area (Å²) in [5, 5.41) is 3.88. The summed E-state index contributed by atoms with van der Waals surface area (Å²) >= 11 is 12.2. The maximum atomic E-state index is 13.0. The number of carbonyl (C=O) groups excluding carboxylic acids is 2. The second-order valence-electron chi connectivity index (χ2n) is 9.55. The molecule has 0 unspecified atom stereocenters. The molecule has 4 aromatic rings. The highest BCUT2D eigenvalue weighted by molar-refractivity contribution is 6.35. The Hall–Kier alpha value is -4.00. The summed E-state index contributed by atoms with van der Waals surface area (Å²) < 4.78 is 8.00. The van der Waals surface area contributed by atoms with E-state index >= 15 is 0 Å². The lowest BCUT2D eigenvalue weighted by Gasteiger charge is -2.12. The van der Waals surface area contributed by atoms with Crippen LogP contribution in [-0.4, -0.2) is 21.4 Å². The van der Waals surface area contributed by atoms with Crippen LogP contribution in [0.15, 0.2) is 78.5 Å². The Bertz CT molecular complexity index is 1590. The topological polar surface area (TPSA) is 63.6 Å². The number of rotatable bonds is 7. The fourth-order valence-electron chi connectivity index (χ4n) is 4.57. The van der Waals surface area contributed by atoms with Crippen molar-refractivity contribution in [2.45, 2.75) is 33.9 Å². The number of nitrogens with zero attached hydrogens (tertiary/aromatic N) is 2. The first-order chi connectivity index (χ1) is 18.7. The van der Waals surface area contributed by atoms with Crippen molar-refractivity contribution in [2.75, 3.05) is 0 Å². The first kappa shape index (κ1) is 26.6. The number of ether oxygens (including phenoxy) is 1. The Morgan fingerprint density at radius 2 is 1.62 bits per heavy atom. The summed E-state index contributed by atoms with van der Waals surface area (Å²) in [5.74, 6) is 0.371. The Balaban J connectivity index is 1.31. The van der Waals surface area contributed by atoms with Gasteiger partial charge in [0.05, 0.1) is 6.54 Å². The maximum Gasteiger partial charge on any atom is 0.329 e. The van der Waals surface area contributed by atoms with Crippen LogP contribution in [0.5, 0.6) is 5.75 Å². The summed E-state index contributed by atoms with van der Waals surface area (Å²) in [7, 11) is 0. The summed E-state index contributed by atoms with van der Waals surface area (Å²) in [6, 6.07) is 22.4. The molecule has 1 aliphatic rings. The predicted molar refractivity (Wildman–Crippen MR) is 154 cm³/mol. The third kappa shape index (κ3) is 5.72. The molecule has 8 heteroatoms. The number of benzene rings is 3. The predicted octanol–water partition coefficient (Wildman–Crippen LogP) is 7.38. The molecule has 2 heterocycles. The number of hydrogen-bond acceptors (Lipinski definition) is 3. The van der Waals surface area contributed by atoms with Gasteiger partial charge in [0.15, 0.2) is 0 Å². The third-order valence-electron chi connectivity index (χ3n) is 6.70. The number of urea groups is 1. The number of nitrogens with one attached hydrogen (secondary N) is 1. The van der Waals surface area contributed by atoms with E-state index in [1.54, 1.807) is 18.2 Å². The SMILES string of the molecule is Cc1ccc(CN2C(=O)N/C(=C/c3cc(C)n(-c4ccc(OCc5ccc(Cl)cc5Cl)cc4)c3C)C2=O)cc1. The highest BCUT2D eigenvalue weighted by atomic mass is 35.5. The van der Waals surface area contributed by atoms with Crippen molar-refractivity contribution in [1.29, 1.82) is 0 Å². The summed E-state index contributed by atoms with van der Waals surface area (Å²) in [6.07, 6.45) is 1.74. The van der Waals surface area contributed by atoms with Crippen molar-refractivity contribution >= 4 is 41.2 Å². The molecule has 3 aromatic carbocycles. The second kappa shape index (κ2) is 11.0. The molecule has 1 aliphatic heterocycles. The Kier molecular flexibility index (Phi) is 7.51. The largest absolute Gasteiger partial charge is 0.489 e. The molecule has 0 radical (unpaired) electrons. The van der Waals surface area contributed by atoms with Gasteiger partial charge in [0.1, 0.15) is 18.1 Å². The van der Waals surface area contributed by atoms with Crippen LogP contribution in [-0.2, 0) is 17.9 Å². The van der Waals surface area contributed by atoms with Gasteiger partial charge in [-0.1, -0.05) is 59.1 Å². The highest BCUT2D eigenvalue weighted by Gasteiger charge is 2.33. The standard InChI is InChI=1S/C31H27Cl2N3O3/c1-19-4-6-22(7-5-19)17-35-30(37)29(34-31(35)38)15-24-14-20(2)36(21(24)3)26-10-12-27(13-11-26)39-18-23-8-9-25(32)16-28(23)33/h4-16H,17-18H2,1-3H3,(H,34,38)/b29-15+. The van der Waals surface area contributed by atoms with Crippen molar-refractivity contribution in [2.24, 2.45) is 0 Å². The average molecular weight is 560 g/mol. The number of aryl methyl sites for hydroxylation is 2. The monoisotopic (exact) mass is 559 g/mol. The van der Waals surface area contributed by atoms with Crippen LogP contribution in [0.25, 0.3) is 11.8 Å². The fourth-order valence-corrected chi connectivity index (χ4v) is 5.03. The minimum absolute atomic E-state index is 0.222. The van der Waals surface area contributed by atoms with Crippen molar-refractivity contribution < 1.29 is 14.3 Å². The zero-order valence-corrected chi connectivity index (χ0v) is 23.3. The molecule has 1 saturated heterocycles. The van der Waals surface area contributed by atoms with Gasteiger partial charge in [0, 0.05) is 32.7 Å².